The van der Waals surface area contributed by atoms with E-state index in [0.717, 1.165) is 0 Å². The molecule has 0 fully saturated rings. The van der Waals surface area contributed by atoms with Crippen molar-refractivity contribution >= 4 is 0 Å². The molecule has 0 aliphatic rings. The van der Waals surface area contributed by atoms with Gasteiger partial charge in [-0.15, -0.1) is 6.42 Å². The Morgan fingerprint density at radius 1 is 1.40 bits per heavy atom. The first-order valence-corrected chi connectivity index (χ1v) is 2.99. The van der Waals surface area contributed by atoms with Crippen LogP contribution in [0.2, 0.25) is 0 Å². The van der Waals surface area contributed by atoms with Gasteiger partial charge in [0.15, 0.2) is 6.29 Å². The normalized spacial score (nSPS) is 13.1. The molecule has 0 spiro atoms. The largest absolute Gasteiger partial charge is 0.353 e. The van der Waals surface area contributed by atoms with Crippen LogP contribution in [0.25, 0.3) is 0 Å². The van der Waals surface area contributed by atoms with E-state index in [9.17, 15) is 0 Å². The second kappa shape index (κ2) is 5.24. The van der Waals surface area contributed by atoms with Crippen molar-refractivity contribution in [3.05, 3.63) is 0 Å². The maximum absolute atomic E-state index is 5.16. The summed E-state index contributed by atoms with van der Waals surface area (Å²) < 4.78 is 9.83. The Balaban J connectivity index is 3.85. The highest BCUT2D eigenvalue weighted by molar-refractivity contribution is 5.00. The molecule has 3 nitrogen and oxygen atoms in total. The molecule has 0 bridgehead atoms. The zero-order chi connectivity index (χ0) is 7.98. The molecule has 1 N–H and O–H groups in total. The average molecular weight is 143 g/mol. The van der Waals surface area contributed by atoms with Crippen molar-refractivity contribution in [2.24, 2.45) is 0 Å². The highest BCUT2D eigenvalue weighted by Crippen LogP contribution is 1.96. The number of rotatable bonds is 4. The minimum absolute atomic E-state index is 0.185. The number of terminal acetylenes is 1. The molecular formula is C7H13NO2. The summed E-state index contributed by atoms with van der Waals surface area (Å²) in [5.41, 5.74) is 0. The summed E-state index contributed by atoms with van der Waals surface area (Å²) >= 11 is 0. The fourth-order valence-corrected chi connectivity index (χ4v) is 0.666. The van der Waals surface area contributed by atoms with Crippen LogP contribution in [0, 0.1) is 12.3 Å². The molecule has 0 aromatic rings. The summed E-state index contributed by atoms with van der Waals surface area (Å²) in [4.78, 5) is 0. The van der Waals surface area contributed by atoms with E-state index in [0.29, 0.717) is 0 Å². The van der Waals surface area contributed by atoms with Crippen LogP contribution < -0.4 is 5.32 Å². The second-order valence-electron chi connectivity index (χ2n) is 1.77. The molecule has 0 radical (unpaired) electrons. The van der Waals surface area contributed by atoms with E-state index in [-0.39, 0.29) is 12.3 Å². The first-order chi connectivity index (χ1) is 4.79. The minimum atomic E-state index is -0.366. The standard InChI is InChI=1S/C7H13NO2/c1-5-6(8-2)7(9-3)10-4/h1,6-8H,2-4H3. The fourth-order valence-electron chi connectivity index (χ4n) is 0.666. The van der Waals surface area contributed by atoms with E-state index in [1.165, 1.54) is 0 Å². The van der Waals surface area contributed by atoms with Crippen molar-refractivity contribution < 1.29 is 9.47 Å². The highest BCUT2D eigenvalue weighted by atomic mass is 16.7. The molecule has 0 saturated heterocycles. The number of likely N-dealkylation sites (N-methyl/N-ethyl adjacent to an activating group) is 1. The first-order valence-electron chi connectivity index (χ1n) is 2.99. The quantitative estimate of drug-likeness (QED) is 0.437. The number of methoxy groups -OCH3 is 2. The van der Waals surface area contributed by atoms with Gasteiger partial charge in [-0.1, -0.05) is 5.92 Å². The molecule has 0 rings (SSSR count). The average Bonchev–Trinajstić information content (AvgIpc) is 2.00. The zero-order valence-corrected chi connectivity index (χ0v) is 6.55. The van der Waals surface area contributed by atoms with Gasteiger partial charge in [-0.05, 0) is 7.05 Å². The van der Waals surface area contributed by atoms with Crippen LogP contribution in [0.15, 0.2) is 0 Å². The third-order valence-corrected chi connectivity index (χ3v) is 1.23. The Morgan fingerprint density at radius 2 is 1.90 bits per heavy atom. The maximum atomic E-state index is 5.16. The monoisotopic (exact) mass is 143 g/mol. The van der Waals surface area contributed by atoms with Gasteiger partial charge in [0.1, 0.15) is 6.04 Å². The van der Waals surface area contributed by atoms with Gasteiger partial charge in [0, 0.05) is 14.2 Å². The summed E-state index contributed by atoms with van der Waals surface area (Å²) in [6.07, 6.45) is 4.80. The van der Waals surface area contributed by atoms with Crippen molar-refractivity contribution in [1.29, 1.82) is 0 Å². The smallest absolute Gasteiger partial charge is 0.183 e. The van der Waals surface area contributed by atoms with E-state index in [2.05, 4.69) is 11.2 Å². The van der Waals surface area contributed by atoms with Crippen molar-refractivity contribution in [3.8, 4) is 12.3 Å². The number of hydrogen-bond acceptors (Lipinski definition) is 3. The van der Waals surface area contributed by atoms with Gasteiger partial charge in [-0.25, -0.2) is 0 Å². The minimum Gasteiger partial charge on any atom is -0.353 e. The lowest BCUT2D eigenvalue weighted by molar-refractivity contribution is -0.111. The topological polar surface area (TPSA) is 30.5 Å². The molecule has 0 saturated carbocycles. The lowest BCUT2D eigenvalue weighted by atomic mass is 10.3. The van der Waals surface area contributed by atoms with Crippen molar-refractivity contribution in [1.82, 2.24) is 5.32 Å². The summed E-state index contributed by atoms with van der Waals surface area (Å²) in [5, 5.41) is 2.87. The van der Waals surface area contributed by atoms with Crippen molar-refractivity contribution in [3.63, 3.8) is 0 Å². The van der Waals surface area contributed by atoms with Gasteiger partial charge in [0.25, 0.3) is 0 Å². The first kappa shape index (κ1) is 9.44. The van der Waals surface area contributed by atoms with Crippen molar-refractivity contribution in [2.45, 2.75) is 12.3 Å². The predicted molar refractivity (Wildman–Crippen MR) is 39.5 cm³/mol. The lowest BCUT2D eigenvalue weighted by Gasteiger charge is -2.18. The fraction of sp³-hybridized carbons (Fsp3) is 0.714. The molecule has 0 aliphatic heterocycles. The molecule has 0 heterocycles. The number of nitrogens with one attached hydrogen (secondary N) is 1. The van der Waals surface area contributed by atoms with Gasteiger partial charge < -0.3 is 14.8 Å². The molecule has 58 valence electrons. The molecule has 10 heavy (non-hydrogen) atoms. The molecular weight excluding hydrogens is 130 g/mol. The predicted octanol–water partition coefficient (Wildman–Crippen LogP) is -0.174. The van der Waals surface area contributed by atoms with E-state index < -0.39 is 0 Å². The molecule has 1 unspecified atom stereocenters. The molecule has 0 aromatic heterocycles. The van der Waals surface area contributed by atoms with Gasteiger partial charge in [0.2, 0.25) is 0 Å². The molecule has 0 amide bonds. The van der Waals surface area contributed by atoms with Gasteiger partial charge >= 0.3 is 0 Å². The summed E-state index contributed by atoms with van der Waals surface area (Å²) in [6.45, 7) is 0. The summed E-state index contributed by atoms with van der Waals surface area (Å²) in [7, 11) is 4.86. The Hall–Kier alpha value is -0.560. The number of hydrogen-bond donors (Lipinski definition) is 1. The van der Waals surface area contributed by atoms with Crippen molar-refractivity contribution in [2.75, 3.05) is 21.3 Å². The molecule has 0 aliphatic carbocycles. The van der Waals surface area contributed by atoms with E-state index >= 15 is 0 Å². The van der Waals surface area contributed by atoms with Gasteiger partial charge in [-0.3, -0.25) is 0 Å². The maximum Gasteiger partial charge on any atom is 0.183 e. The van der Waals surface area contributed by atoms with Crippen LogP contribution >= 0.6 is 0 Å². The molecule has 3 heteroatoms. The highest BCUT2D eigenvalue weighted by Gasteiger charge is 2.15. The Bertz CT molecular complexity index is 115. The SMILES string of the molecule is C#CC(NC)C(OC)OC. The zero-order valence-electron chi connectivity index (χ0n) is 6.55. The molecule has 0 aromatic carbocycles. The van der Waals surface area contributed by atoms with E-state index in [4.69, 9.17) is 15.9 Å². The van der Waals surface area contributed by atoms with Crippen LogP contribution in [-0.4, -0.2) is 33.6 Å². The van der Waals surface area contributed by atoms with Gasteiger partial charge in [-0.2, -0.15) is 0 Å². The van der Waals surface area contributed by atoms with Crippen LogP contribution in [-0.2, 0) is 9.47 Å². The Morgan fingerprint density at radius 3 is 2.00 bits per heavy atom. The van der Waals surface area contributed by atoms with E-state index in [1.54, 1.807) is 21.3 Å². The van der Waals surface area contributed by atoms with E-state index in [1.807, 2.05) is 0 Å². The van der Waals surface area contributed by atoms with Crippen LogP contribution in [0.1, 0.15) is 0 Å². The van der Waals surface area contributed by atoms with Crippen LogP contribution in [0.4, 0.5) is 0 Å². The Labute approximate surface area is 61.7 Å². The third-order valence-electron chi connectivity index (χ3n) is 1.23. The van der Waals surface area contributed by atoms with Crippen LogP contribution in [0.5, 0.6) is 0 Å². The Kier molecular flexibility index (Phi) is 4.95. The third kappa shape index (κ3) is 2.36. The summed E-state index contributed by atoms with van der Waals surface area (Å²) in [6, 6.07) is -0.185. The molecule has 1 atom stereocenters. The number of ether oxygens (including phenoxy) is 2. The summed E-state index contributed by atoms with van der Waals surface area (Å²) in [5.74, 6) is 2.49. The van der Waals surface area contributed by atoms with Gasteiger partial charge in [0.05, 0.1) is 0 Å². The van der Waals surface area contributed by atoms with Crippen LogP contribution in [0.3, 0.4) is 0 Å². The lowest BCUT2D eigenvalue weighted by Crippen LogP contribution is -2.38. The second-order valence-corrected chi connectivity index (χ2v) is 1.77.